The molecule has 30 heteroatoms. The molecular weight excluding hydrogens is 1520 g/mol. The van der Waals surface area contributed by atoms with E-state index >= 15 is 0 Å². The number of imide groups is 2. The molecule has 1 spiro atoms. The van der Waals surface area contributed by atoms with Crippen LogP contribution >= 0.6 is 47.0 Å². The number of benzene rings is 3. The number of hydrogen-bond donors (Lipinski definition) is 1. The molecule has 13 aliphatic rings. The van der Waals surface area contributed by atoms with Gasteiger partial charge in [0.05, 0.1) is 113 Å². The van der Waals surface area contributed by atoms with Gasteiger partial charge in [0.25, 0.3) is 20.2 Å². The Labute approximate surface area is 662 Å². The van der Waals surface area contributed by atoms with Gasteiger partial charge in [-0.15, -0.1) is 12.4 Å². The van der Waals surface area contributed by atoms with Crippen molar-refractivity contribution in [1.82, 2.24) is 28.2 Å². The van der Waals surface area contributed by atoms with Crippen LogP contribution in [0.2, 0.25) is 0 Å². The van der Waals surface area contributed by atoms with E-state index in [0.29, 0.717) is 48.3 Å². The standard InChI is InChI=1S/C28H36N4O2S.C19H26N3S.C12H14N2S.C10H20O6S2.C9H11NO2.CH4O3S.ClH/c33-27-24-18-9-10-19(15-18)25(24)28(34)32(27)17-21-6-2-1-5-20(21)16-30-11-13-31(14-12-30)26-22-7-3-4-8-23(22)35-29-26;1-2-6-16-14-22(13-15(16)5-1)11-9-21(10-12-22)19-17-7-3-4-8-18(17)23-20-19;1-4-8-14(9-5-1)12-10-6-2-3-7-11(10)15-13-12;1-17(11,12)15-7-9-5-3-4-6-10(9)8-16-18(2,13)14;11-8-6-4-1-2-5(3-4)7(6)9(12)10-8;1-5(2,3)4;/h3-4,7-8,18-21,24-25H,1-2,5-6,9-17H2;3-4,7-8,15-16H,1-2,5-6,9-14H2;2-3,6-7H,1,4-5,8-9H2;9-10H,3-8H2,1-2H3;4-7H,1-3H2,(H,10,11,12);1H3,(H,2,3,4);1H/q;+1;;;;;/p-1/t18-,19+,20-,21-,24+,25-;15-,16-;;9-,10-;4-,5+,6+,7-;;/m00.0.../s1. The number of fused-ring (bicyclic) bond motifs is 14. The van der Waals surface area contributed by atoms with Crippen LogP contribution in [0.1, 0.15) is 135 Å². The Hall–Kier alpha value is -5.05. The van der Waals surface area contributed by atoms with E-state index in [9.17, 15) is 36.0 Å². The van der Waals surface area contributed by atoms with E-state index in [0.717, 1.165) is 134 Å². The molecule has 23 nitrogen and oxygen atoms in total. The Morgan fingerprint density at radius 2 is 0.798 bits per heavy atom. The smallest absolute Gasteiger partial charge is 0.264 e. The molecule has 7 saturated carbocycles. The summed E-state index contributed by atoms with van der Waals surface area (Å²) in [7, 11) is -10.8. The van der Waals surface area contributed by atoms with Crippen molar-refractivity contribution in [3.63, 3.8) is 0 Å². The molecule has 3 aromatic carbocycles. The van der Waals surface area contributed by atoms with Gasteiger partial charge in [-0.2, -0.15) is 30.0 Å². The summed E-state index contributed by atoms with van der Waals surface area (Å²) >= 11 is 4.86. The van der Waals surface area contributed by atoms with Crippen molar-refractivity contribution >= 4 is 149 Å². The van der Waals surface area contributed by atoms with Crippen molar-refractivity contribution < 1.29 is 61.8 Å². The second-order valence-electron chi connectivity index (χ2n) is 33.5. The molecule has 13 fully saturated rings. The summed E-state index contributed by atoms with van der Waals surface area (Å²) in [5, 5.41) is 6.39. The van der Waals surface area contributed by atoms with Crippen LogP contribution in [0, 0.1) is 82.9 Å². The third-order valence-corrected chi connectivity index (χ3v) is 30.1. The van der Waals surface area contributed by atoms with Gasteiger partial charge in [-0.25, -0.2) is 8.42 Å². The van der Waals surface area contributed by atoms with Gasteiger partial charge in [0.15, 0.2) is 5.82 Å². The summed E-state index contributed by atoms with van der Waals surface area (Å²) in [6, 6.07) is 25.7. The monoisotopic (exact) mass is 1630 g/mol. The van der Waals surface area contributed by atoms with Crippen molar-refractivity contribution in [3.05, 3.63) is 72.8 Å². The summed E-state index contributed by atoms with van der Waals surface area (Å²) in [6.07, 6.45) is 28.1. The molecule has 598 valence electrons. The first-order valence-electron chi connectivity index (χ1n) is 40.0. The molecule has 0 unspecified atom stereocenters. The van der Waals surface area contributed by atoms with Crippen LogP contribution in [0.15, 0.2) is 72.8 Å². The lowest BCUT2D eigenvalue weighted by atomic mass is 9.78. The number of piperidine rings is 1. The molecule has 6 aliphatic heterocycles. The van der Waals surface area contributed by atoms with Crippen LogP contribution in [0.3, 0.4) is 0 Å². The number of likely N-dealkylation sites (tertiary alicyclic amines) is 1. The Morgan fingerprint density at radius 3 is 1.21 bits per heavy atom. The first-order valence-corrected chi connectivity index (χ1v) is 47.8. The molecule has 9 heterocycles. The number of aromatic nitrogens is 3. The normalized spacial score (nSPS) is 30.4. The highest BCUT2D eigenvalue weighted by atomic mass is 35.5. The van der Waals surface area contributed by atoms with Gasteiger partial charge >= 0.3 is 0 Å². The number of halogens is 1. The van der Waals surface area contributed by atoms with E-state index < -0.39 is 30.4 Å². The van der Waals surface area contributed by atoms with Crippen LogP contribution < -0.4 is 20.0 Å². The summed E-state index contributed by atoms with van der Waals surface area (Å²) in [4.78, 5) is 61.0. The molecule has 1 N–H and O–H groups in total. The number of piperazine rings is 2. The SMILES string of the molecule is CS(=O)(=O)OC[C@@H]1CCCC[C@H]1COS(C)(=O)=O.CS(=O)(=O)[O-].Cl.O=C1NC(=O)[C@H]2[C@@H]3CC[C@@H](C3)[C@@H]12.O=C1[C@@H]2[C@H]3CC[C@H](C3)[C@@H]2C(=O)N1C[C@@H]1CCCC[C@H]1CN1CCN(c2nsc3ccccc23)CC1.c1ccc2c(N3CCCCC3)nsc2c1.c1ccc2c(N3CC[N+]4(CC3)C[C@@H]3CCCC[C@H]3C4)nsc2c1. The predicted octanol–water partition coefficient (Wildman–Crippen LogP) is 11.9. The van der Waals surface area contributed by atoms with Crippen LogP contribution in [0.5, 0.6) is 0 Å². The van der Waals surface area contributed by atoms with Crippen LogP contribution in [-0.4, -0.2) is 204 Å². The minimum atomic E-state index is -3.92. The topological polar surface area (TPSA) is 279 Å². The van der Waals surface area contributed by atoms with Crippen molar-refractivity contribution in [2.45, 2.75) is 135 Å². The zero-order valence-electron chi connectivity index (χ0n) is 63.4. The number of amides is 4. The van der Waals surface area contributed by atoms with Gasteiger partial charge in [0, 0.05) is 86.6 Å². The maximum atomic E-state index is 13.3. The van der Waals surface area contributed by atoms with E-state index in [1.54, 1.807) is 39.5 Å². The van der Waals surface area contributed by atoms with Crippen LogP contribution in [0.25, 0.3) is 30.3 Å². The molecule has 109 heavy (non-hydrogen) atoms. The van der Waals surface area contributed by atoms with Gasteiger partial charge in [-0.3, -0.25) is 42.7 Å². The third-order valence-electron chi connectivity index (χ3n) is 26.5. The minimum Gasteiger partial charge on any atom is -0.748 e. The number of nitrogens with one attached hydrogen (secondary N) is 1. The second-order valence-corrected chi connectivity index (χ2v) is 40.6. The Balaban J connectivity index is 0.000000124. The zero-order valence-corrected chi connectivity index (χ0v) is 69.1. The number of carbonyl (C=O) groups is 4. The summed E-state index contributed by atoms with van der Waals surface area (Å²) in [5.41, 5.74) is 0. The number of rotatable bonds is 13. The first kappa shape index (κ1) is 81.9. The van der Waals surface area contributed by atoms with Gasteiger partial charge in [-0.05, 0) is 215 Å². The fourth-order valence-electron chi connectivity index (χ4n) is 21.3. The maximum absolute atomic E-state index is 13.3. The highest BCUT2D eigenvalue weighted by Gasteiger charge is 2.61. The average molecular weight is 1640 g/mol. The van der Waals surface area contributed by atoms with Gasteiger partial charge in [-0.1, -0.05) is 74.9 Å². The summed E-state index contributed by atoms with van der Waals surface area (Å²) in [5.74, 6) is 9.32. The molecule has 6 saturated heterocycles. The molecule has 0 radical (unpaired) electrons. The fraction of sp³-hybridized carbons (Fsp3) is 0.684. The van der Waals surface area contributed by atoms with E-state index in [1.807, 2.05) is 0 Å². The van der Waals surface area contributed by atoms with Crippen molar-refractivity contribution in [3.8, 4) is 0 Å². The molecule has 6 aromatic rings. The number of anilines is 3. The Morgan fingerprint density at radius 1 is 0.440 bits per heavy atom. The number of hydrogen-bond acceptors (Lipinski definition) is 23. The van der Waals surface area contributed by atoms with Crippen LogP contribution in [-0.2, 0) is 57.9 Å². The number of quaternary nitrogens is 1. The predicted molar refractivity (Wildman–Crippen MR) is 432 cm³/mol. The molecule has 4 bridgehead atoms. The largest absolute Gasteiger partial charge is 0.748 e. The Kier molecular flexibility index (Phi) is 26.9. The molecule has 7 aliphatic carbocycles. The first-order chi connectivity index (χ1) is 51.9. The van der Waals surface area contributed by atoms with E-state index in [2.05, 4.69) is 102 Å². The highest BCUT2D eigenvalue weighted by molar-refractivity contribution is 7.86. The summed E-state index contributed by atoms with van der Waals surface area (Å²) in [6.45, 7) is 16.5. The van der Waals surface area contributed by atoms with Crippen LogP contribution in [0.4, 0.5) is 17.5 Å². The molecule has 14 atom stereocenters. The molecule has 4 amide bonds. The molecule has 19 rings (SSSR count). The lowest BCUT2D eigenvalue weighted by Crippen LogP contribution is -2.58. The van der Waals surface area contributed by atoms with E-state index in [-0.39, 0.29) is 84.8 Å². The lowest BCUT2D eigenvalue weighted by molar-refractivity contribution is -0.919. The van der Waals surface area contributed by atoms with Crippen molar-refractivity contribution in [1.29, 1.82) is 0 Å². The number of nitrogens with zero attached hydrogens (tertiary/aromatic N) is 9. The molecular formula is C79H111ClN10O13S6. The lowest BCUT2D eigenvalue weighted by Gasteiger charge is -2.42. The van der Waals surface area contributed by atoms with Crippen molar-refractivity contribution in [2.24, 2.45) is 82.9 Å². The quantitative estimate of drug-likeness (QED) is 0.0487. The second kappa shape index (κ2) is 35.8. The number of carbonyl (C=O) groups excluding carboxylic acids is 4. The zero-order chi connectivity index (χ0) is 75.5. The van der Waals surface area contributed by atoms with Crippen molar-refractivity contribution in [2.75, 3.05) is 138 Å². The maximum Gasteiger partial charge on any atom is 0.264 e. The van der Waals surface area contributed by atoms with E-state index in [4.69, 9.17) is 30.1 Å². The highest BCUT2D eigenvalue weighted by Crippen LogP contribution is 2.57. The Bertz CT molecular complexity index is 4360. The molecule has 3 aromatic heterocycles. The summed E-state index contributed by atoms with van der Waals surface area (Å²) < 4.78 is 100. The van der Waals surface area contributed by atoms with Gasteiger partial charge < -0.3 is 23.7 Å². The average Bonchev–Trinajstić information content (AvgIpc) is 1.61. The van der Waals surface area contributed by atoms with Gasteiger partial charge in [0.1, 0.15) is 11.6 Å². The van der Waals surface area contributed by atoms with Gasteiger partial charge in [0.2, 0.25) is 23.6 Å². The van der Waals surface area contributed by atoms with E-state index in [1.165, 1.54) is 163 Å². The fourth-order valence-corrected chi connectivity index (χ4v) is 24.5. The minimum absolute atomic E-state index is 0. The third kappa shape index (κ3) is 19.8.